The average Bonchev–Trinajstić information content (AvgIpc) is 2.14. The van der Waals surface area contributed by atoms with Crippen molar-refractivity contribution in [2.75, 3.05) is 18.0 Å². The highest BCUT2D eigenvalue weighted by atomic mass is 19.1. The quantitative estimate of drug-likeness (QED) is 0.635. The molecule has 0 bridgehead atoms. The number of aliphatic carboxylic acids is 1. The summed E-state index contributed by atoms with van der Waals surface area (Å²) in [5, 5.41) is 19.4. The summed E-state index contributed by atoms with van der Waals surface area (Å²) in [5.41, 5.74) is -0.0808. The molecule has 0 amide bonds. The first-order chi connectivity index (χ1) is 7.99. The van der Waals surface area contributed by atoms with E-state index in [1.807, 2.05) is 0 Å². The van der Waals surface area contributed by atoms with E-state index in [1.54, 1.807) is 0 Å². The minimum atomic E-state index is -0.944. The van der Waals surface area contributed by atoms with Crippen LogP contribution >= 0.6 is 0 Å². The van der Waals surface area contributed by atoms with E-state index in [2.05, 4.69) is 0 Å². The number of benzene rings is 1. The molecule has 7 heteroatoms. The smallest absolute Gasteiger partial charge is 0.310 e. The lowest BCUT2D eigenvalue weighted by Gasteiger charge is -2.38. The molecule has 0 unspecified atom stereocenters. The first-order valence-electron chi connectivity index (χ1n) is 4.90. The predicted molar refractivity (Wildman–Crippen MR) is 56.4 cm³/mol. The van der Waals surface area contributed by atoms with Crippen LogP contribution in [0.3, 0.4) is 0 Å². The summed E-state index contributed by atoms with van der Waals surface area (Å²) in [7, 11) is 0. The molecule has 1 N–H and O–H groups in total. The molecule has 1 saturated heterocycles. The summed E-state index contributed by atoms with van der Waals surface area (Å²) in [6.45, 7) is 0.333. The maximum Gasteiger partial charge on any atom is 0.310 e. The standard InChI is InChI=1S/C10H9FN2O4/c11-7-1-2-8(13(16)17)9(3-7)12-4-6(5-12)10(14)15/h1-3,6H,4-5H2,(H,14,15). The fraction of sp³-hybridized carbons (Fsp3) is 0.300. The molecule has 0 spiro atoms. The van der Waals surface area contributed by atoms with Crippen molar-refractivity contribution in [1.82, 2.24) is 0 Å². The van der Waals surface area contributed by atoms with Crippen LogP contribution in [-0.2, 0) is 4.79 Å². The first kappa shape index (κ1) is 11.3. The zero-order valence-corrected chi connectivity index (χ0v) is 8.67. The number of rotatable bonds is 3. The molecule has 1 aromatic rings. The molecule has 90 valence electrons. The minimum absolute atomic E-state index is 0.132. The van der Waals surface area contributed by atoms with E-state index in [9.17, 15) is 19.3 Å². The van der Waals surface area contributed by atoms with Gasteiger partial charge < -0.3 is 10.0 Å². The monoisotopic (exact) mass is 240 g/mol. The number of halogens is 1. The summed E-state index contributed by atoms with van der Waals surface area (Å²) < 4.78 is 13.0. The Morgan fingerprint density at radius 1 is 1.53 bits per heavy atom. The molecule has 17 heavy (non-hydrogen) atoms. The number of anilines is 1. The van der Waals surface area contributed by atoms with Crippen LogP contribution in [-0.4, -0.2) is 29.1 Å². The van der Waals surface area contributed by atoms with Crippen molar-refractivity contribution in [1.29, 1.82) is 0 Å². The summed E-state index contributed by atoms with van der Waals surface area (Å²) in [6, 6.07) is 3.14. The molecule has 2 rings (SSSR count). The summed E-state index contributed by atoms with van der Waals surface area (Å²) in [5.74, 6) is -2.07. The van der Waals surface area contributed by atoms with Gasteiger partial charge in [0.15, 0.2) is 0 Å². The van der Waals surface area contributed by atoms with E-state index in [1.165, 1.54) is 4.90 Å². The molecule has 1 aliphatic heterocycles. The highest BCUT2D eigenvalue weighted by Crippen LogP contribution is 2.33. The van der Waals surface area contributed by atoms with Gasteiger partial charge in [0.05, 0.1) is 10.8 Å². The molecule has 1 aromatic carbocycles. The Morgan fingerprint density at radius 2 is 2.18 bits per heavy atom. The van der Waals surface area contributed by atoms with Gasteiger partial charge in [-0.25, -0.2) is 4.39 Å². The van der Waals surface area contributed by atoms with Crippen molar-refractivity contribution in [2.45, 2.75) is 0 Å². The van der Waals surface area contributed by atoms with Crippen LogP contribution in [0.4, 0.5) is 15.8 Å². The molecule has 1 aliphatic rings. The first-order valence-corrected chi connectivity index (χ1v) is 4.90. The van der Waals surface area contributed by atoms with Crippen LogP contribution in [0.2, 0.25) is 0 Å². The number of nitrogens with zero attached hydrogens (tertiary/aromatic N) is 2. The van der Waals surface area contributed by atoms with Crippen molar-refractivity contribution in [3.8, 4) is 0 Å². The molecule has 1 fully saturated rings. The number of hydrogen-bond acceptors (Lipinski definition) is 4. The van der Waals surface area contributed by atoms with Gasteiger partial charge in [-0.3, -0.25) is 14.9 Å². The molecule has 0 saturated carbocycles. The van der Waals surface area contributed by atoms with Gasteiger partial charge in [0.2, 0.25) is 0 Å². The zero-order chi connectivity index (χ0) is 12.6. The molecular weight excluding hydrogens is 231 g/mol. The van der Waals surface area contributed by atoms with Gasteiger partial charge in [-0.15, -0.1) is 0 Å². The lowest BCUT2D eigenvalue weighted by Crippen LogP contribution is -2.50. The topological polar surface area (TPSA) is 83.7 Å². The van der Waals surface area contributed by atoms with Crippen molar-refractivity contribution >= 4 is 17.3 Å². The van der Waals surface area contributed by atoms with E-state index < -0.39 is 22.6 Å². The van der Waals surface area contributed by atoms with Gasteiger partial charge in [0.1, 0.15) is 11.5 Å². The normalized spacial score (nSPS) is 15.5. The second kappa shape index (κ2) is 4.00. The summed E-state index contributed by atoms with van der Waals surface area (Å²) >= 11 is 0. The summed E-state index contributed by atoms with van der Waals surface area (Å²) in [6.07, 6.45) is 0. The Hall–Kier alpha value is -2.18. The molecule has 0 radical (unpaired) electrons. The Kier molecular flexibility index (Phi) is 2.66. The Morgan fingerprint density at radius 3 is 2.71 bits per heavy atom. The van der Waals surface area contributed by atoms with Crippen LogP contribution in [0.25, 0.3) is 0 Å². The van der Waals surface area contributed by atoms with Gasteiger partial charge >= 0.3 is 5.97 Å². The van der Waals surface area contributed by atoms with Crippen molar-refractivity contribution < 1.29 is 19.2 Å². The molecule has 0 aromatic heterocycles. The maximum absolute atomic E-state index is 13.0. The highest BCUT2D eigenvalue weighted by molar-refractivity contribution is 5.76. The van der Waals surface area contributed by atoms with Crippen molar-refractivity contribution in [3.63, 3.8) is 0 Å². The van der Waals surface area contributed by atoms with Crippen LogP contribution in [0.5, 0.6) is 0 Å². The number of carboxylic acids is 1. The Balaban J connectivity index is 2.24. The van der Waals surface area contributed by atoms with Crippen LogP contribution in [0.15, 0.2) is 18.2 Å². The lowest BCUT2D eigenvalue weighted by atomic mass is 9.99. The lowest BCUT2D eigenvalue weighted by molar-refractivity contribution is -0.384. The Bertz CT molecular complexity index is 485. The fourth-order valence-electron chi connectivity index (χ4n) is 1.74. The van der Waals surface area contributed by atoms with Gasteiger partial charge in [-0.05, 0) is 6.07 Å². The molecule has 0 atom stereocenters. The van der Waals surface area contributed by atoms with Crippen LogP contribution in [0.1, 0.15) is 0 Å². The van der Waals surface area contributed by atoms with Crippen LogP contribution < -0.4 is 4.90 Å². The average molecular weight is 240 g/mol. The van der Waals surface area contributed by atoms with E-state index in [4.69, 9.17) is 5.11 Å². The largest absolute Gasteiger partial charge is 0.481 e. The van der Waals surface area contributed by atoms with Crippen molar-refractivity contribution in [2.24, 2.45) is 5.92 Å². The maximum atomic E-state index is 13.0. The third-order valence-corrected chi connectivity index (χ3v) is 2.71. The second-order valence-corrected chi connectivity index (χ2v) is 3.83. The molecule has 1 heterocycles. The highest BCUT2D eigenvalue weighted by Gasteiger charge is 2.35. The van der Waals surface area contributed by atoms with E-state index >= 15 is 0 Å². The Labute approximate surface area is 95.4 Å². The SMILES string of the molecule is O=C(O)C1CN(c2cc(F)ccc2[N+](=O)[O-])C1. The second-order valence-electron chi connectivity index (χ2n) is 3.83. The number of nitro groups is 1. The number of nitro benzene ring substituents is 1. The minimum Gasteiger partial charge on any atom is -0.481 e. The van der Waals surface area contributed by atoms with Gasteiger partial charge in [-0.2, -0.15) is 0 Å². The molecular formula is C10H9FN2O4. The fourth-order valence-corrected chi connectivity index (χ4v) is 1.74. The van der Waals surface area contributed by atoms with E-state index in [-0.39, 0.29) is 24.5 Å². The van der Waals surface area contributed by atoms with E-state index in [0.29, 0.717) is 0 Å². The molecule has 6 nitrogen and oxygen atoms in total. The number of hydrogen-bond donors (Lipinski definition) is 1. The number of carboxylic acid groups (broad SMARTS) is 1. The molecule has 0 aliphatic carbocycles. The van der Waals surface area contributed by atoms with Gasteiger partial charge in [0.25, 0.3) is 5.69 Å². The number of carbonyl (C=O) groups is 1. The third-order valence-electron chi connectivity index (χ3n) is 2.71. The predicted octanol–water partition coefficient (Wildman–Crippen LogP) is 1.25. The van der Waals surface area contributed by atoms with Crippen LogP contribution in [0, 0.1) is 21.8 Å². The van der Waals surface area contributed by atoms with E-state index in [0.717, 1.165) is 18.2 Å². The zero-order valence-electron chi connectivity index (χ0n) is 8.67. The van der Waals surface area contributed by atoms with Gasteiger partial charge in [0, 0.05) is 25.2 Å². The van der Waals surface area contributed by atoms with Crippen molar-refractivity contribution in [3.05, 3.63) is 34.1 Å². The van der Waals surface area contributed by atoms with Gasteiger partial charge in [-0.1, -0.05) is 0 Å². The third kappa shape index (κ3) is 2.03. The summed E-state index contributed by atoms with van der Waals surface area (Å²) in [4.78, 5) is 22.2.